The Hall–Kier alpha value is -1.26. The summed E-state index contributed by atoms with van der Waals surface area (Å²) in [5.41, 5.74) is 0.965. The summed E-state index contributed by atoms with van der Waals surface area (Å²) in [6.07, 6.45) is 4.77. The summed E-state index contributed by atoms with van der Waals surface area (Å²) in [4.78, 5) is 11.3. The highest BCUT2D eigenvalue weighted by Gasteiger charge is 2.06. The number of aliphatic hydroxyl groups excluding tert-OH is 1. The van der Waals surface area contributed by atoms with E-state index in [4.69, 9.17) is 4.74 Å². The van der Waals surface area contributed by atoms with Crippen molar-refractivity contribution < 1.29 is 14.6 Å². The Labute approximate surface area is 112 Å². The van der Waals surface area contributed by atoms with Crippen molar-refractivity contribution in [3.05, 3.63) is 35.9 Å². The Bertz CT molecular complexity index is 398. The second kappa shape index (κ2) is 7.95. The van der Waals surface area contributed by atoms with E-state index in [2.05, 4.69) is 0 Å². The number of rotatable bonds is 7. The first-order valence-electron chi connectivity index (χ1n) is 5.66. The second-order valence-corrected chi connectivity index (χ2v) is 4.74. The quantitative estimate of drug-likeness (QED) is 0.823. The molecule has 0 fully saturated rings. The van der Waals surface area contributed by atoms with Crippen LogP contribution >= 0.6 is 11.8 Å². The topological polar surface area (TPSA) is 46.5 Å². The van der Waals surface area contributed by atoms with E-state index in [1.807, 2.05) is 30.5 Å². The molecule has 1 N–H and O–H groups in total. The molecule has 0 spiro atoms. The van der Waals surface area contributed by atoms with Crippen LogP contribution in [0.2, 0.25) is 0 Å². The molecule has 3 nitrogen and oxygen atoms in total. The molecule has 0 radical (unpaired) electrons. The fourth-order valence-electron chi connectivity index (χ4n) is 1.46. The smallest absolute Gasteiger partial charge is 0.145 e. The lowest BCUT2D eigenvalue weighted by atomic mass is 10.1. The van der Waals surface area contributed by atoms with E-state index in [0.29, 0.717) is 5.75 Å². The van der Waals surface area contributed by atoms with E-state index in [-0.39, 0.29) is 12.2 Å². The van der Waals surface area contributed by atoms with E-state index in [0.717, 1.165) is 11.3 Å². The highest BCUT2D eigenvalue weighted by Crippen LogP contribution is 2.13. The van der Waals surface area contributed by atoms with E-state index >= 15 is 0 Å². The monoisotopic (exact) mass is 266 g/mol. The number of carbonyl (C=O) groups is 1. The highest BCUT2D eigenvalue weighted by molar-refractivity contribution is 7.99. The first-order valence-corrected chi connectivity index (χ1v) is 7.06. The van der Waals surface area contributed by atoms with Gasteiger partial charge in [-0.15, -0.1) is 0 Å². The van der Waals surface area contributed by atoms with Crippen molar-refractivity contribution in [1.29, 1.82) is 0 Å². The van der Waals surface area contributed by atoms with Crippen molar-refractivity contribution >= 4 is 23.6 Å². The lowest BCUT2D eigenvalue weighted by Crippen LogP contribution is -2.12. The maximum absolute atomic E-state index is 11.3. The fraction of sp³-hybridized carbons (Fsp3) is 0.357. The normalized spacial score (nSPS) is 12.6. The minimum atomic E-state index is -0.716. The van der Waals surface area contributed by atoms with Crippen LogP contribution in [-0.4, -0.2) is 36.1 Å². The zero-order valence-electron chi connectivity index (χ0n) is 10.6. The maximum Gasteiger partial charge on any atom is 0.145 e. The number of aliphatic hydroxyl groups is 1. The number of carbonyl (C=O) groups excluding carboxylic acids is 1. The Balaban J connectivity index is 2.49. The molecule has 0 aliphatic heterocycles. The summed E-state index contributed by atoms with van der Waals surface area (Å²) >= 11 is 1.47. The second-order valence-electron chi connectivity index (χ2n) is 3.88. The van der Waals surface area contributed by atoms with E-state index in [9.17, 15) is 9.90 Å². The molecule has 98 valence electrons. The van der Waals surface area contributed by atoms with E-state index in [1.165, 1.54) is 11.8 Å². The zero-order valence-corrected chi connectivity index (χ0v) is 11.4. The van der Waals surface area contributed by atoms with Gasteiger partial charge in [0.15, 0.2) is 0 Å². The minimum absolute atomic E-state index is 0.0642. The molecule has 0 aliphatic carbocycles. The van der Waals surface area contributed by atoms with Gasteiger partial charge in [0.25, 0.3) is 0 Å². The number of methoxy groups -OCH3 is 1. The van der Waals surface area contributed by atoms with Gasteiger partial charge in [-0.1, -0.05) is 24.3 Å². The predicted octanol–water partition coefficient (Wildman–Crippen LogP) is 2.39. The third-order valence-corrected chi connectivity index (χ3v) is 2.98. The molecule has 0 amide bonds. The number of ether oxygens (including phenoxy) is 1. The lowest BCUT2D eigenvalue weighted by Gasteiger charge is -2.04. The zero-order chi connectivity index (χ0) is 13.4. The third-order valence-electron chi connectivity index (χ3n) is 2.37. The van der Waals surface area contributed by atoms with Crippen molar-refractivity contribution in [3.63, 3.8) is 0 Å². The number of hydrogen-bond acceptors (Lipinski definition) is 4. The van der Waals surface area contributed by atoms with Crippen LogP contribution in [0.5, 0.6) is 5.75 Å². The SMILES string of the molecule is COc1ccc(/C=C/C(O)CC(=O)CSC)cc1. The van der Waals surface area contributed by atoms with Gasteiger partial charge in [-0.05, 0) is 24.0 Å². The van der Waals surface area contributed by atoms with Gasteiger partial charge in [0.05, 0.1) is 19.0 Å². The van der Waals surface area contributed by atoms with Gasteiger partial charge in [-0.3, -0.25) is 4.79 Å². The Morgan fingerprint density at radius 2 is 2.11 bits per heavy atom. The van der Waals surface area contributed by atoms with Gasteiger partial charge in [-0.25, -0.2) is 0 Å². The molecule has 0 saturated heterocycles. The van der Waals surface area contributed by atoms with Gasteiger partial charge in [0, 0.05) is 6.42 Å². The fourth-order valence-corrected chi connectivity index (χ4v) is 1.90. The Kier molecular flexibility index (Phi) is 6.54. The summed E-state index contributed by atoms with van der Waals surface area (Å²) in [6, 6.07) is 7.49. The molecule has 1 rings (SSSR count). The number of benzene rings is 1. The molecule has 0 bridgehead atoms. The van der Waals surface area contributed by atoms with Crippen molar-refractivity contribution in [1.82, 2.24) is 0 Å². The number of thioether (sulfide) groups is 1. The molecular formula is C14H18O3S. The molecule has 1 unspecified atom stereocenters. The van der Waals surface area contributed by atoms with Crippen LogP contribution in [0.4, 0.5) is 0 Å². The van der Waals surface area contributed by atoms with Crippen LogP contribution in [0.15, 0.2) is 30.3 Å². The predicted molar refractivity (Wildman–Crippen MR) is 76.0 cm³/mol. The molecule has 0 aromatic heterocycles. The molecule has 1 aromatic rings. The Morgan fingerprint density at radius 3 is 2.67 bits per heavy atom. The first kappa shape index (κ1) is 14.8. The van der Waals surface area contributed by atoms with Crippen molar-refractivity contribution in [3.8, 4) is 5.75 Å². The first-order chi connectivity index (χ1) is 8.65. The van der Waals surface area contributed by atoms with Crippen molar-refractivity contribution in [2.45, 2.75) is 12.5 Å². The van der Waals surface area contributed by atoms with Gasteiger partial charge in [-0.2, -0.15) is 11.8 Å². The van der Waals surface area contributed by atoms with Crippen LogP contribution in [0.3, 0.4) is 0 Å². The largest absolute Gasteiger partial charge is 0.497 e. The van der Waals surface area contributed by atoms with Gasteiger partial charge in [0.1, 0.15) is 11.5 Å². The molecule has 0 heterocycles. The highest BCUT2D eigenvalue weighted by atomic mass is 32.2. The average molecular weight is 266 g/mol. The summed E-state index contributed by atoms with van der Waals surface area (Å²) < 4.78 is 5.05. The summed E-state index contributed by atoms with van der Waals surface area (Å²) in [5.74, 6) is 1.31. The summed E-state index contributed by atoms with van der Waals surface area (Å²) in [6.45, 7) is 0. The van der Waals surface area contributed by atoms with Crippen molar-refractivity contribution in [2.75, 3.05) is 19.1 Å². The number of ketones is 1. The van der Waals surface area contributed by atoms with Crippen LogP contribution in [0.25, 0.3) is 6.08 Å². The summed E-state index contributed by atoms with van der Waals surface area (Å²) in [5, 5.41) is 9.67. The molecule has 0 aliphatic rings. The molecular weight excluding hydrogens is 248 g/mol. The van der Waals surface area contributed by atoms with E-state index < -0.39 is 6.10 Å². The van der Waals surface area contributed by atoms with Gasteiger partial charge >= 0.3 is 0 Å². The molecule has 4 heteroatoms. The molecule has 1 aromatic carbocycles. The lowest BCUT2D eigenvalue weighted by molar-refractivity contribution is -0.117. The van der Waals surface area contributed by atoms with Crippen LogP contribution in [0, 0.1) is 0 Å². The minimum Gasteiger partial charge on any atom is -0.497 e. The van der Waals surface area contributed by atoms with Gasteiger partial charge in [0.2, 0.25) is 0 Å². The average Bonchev–Trinajstić information content (AvgIpc) is 2.37. The van der Waals surface area contributed by atoms with Gasteiger partial charge < -0.3 is 9.84 Å². The van der Waals surface area contributed by atoms with Crippen LogP contribution in [0.1, 0.15) is 12.0 Å². The molecule has 18 heavy (non-hydrogen) atoms. The van der Waals surface area contributed by atoms with E-state index in [1.54, 1.807) is 19.3 Å². The maximum atomic E-state index is 11.3. The standard InChI is InChI=1S/C14H18O3S/c1-17-14-7-4-11(5-8-14)3-6-12(15)9-13(16)10-18-2/h3-8,12,15H,9-10H2,1-2H3/b6-3+. The molecule has 0 saturated carbocycles. The Morgan fingerprint density at radius 1 is 1.44 bits per heavy atom. The number of Topliss-reactive ketones (excluding diaryl/α,β-unsaturated/α-hetero) is 1. The third kappa shape index (κ3) is 5.38. The van der Waals surface area contributed by atoms with Crippen LogP contribution in [-0.2, 0) is 4.79 Å². The van der Waals surface area contributed by atoms with Crippen molar-refractivity contribution in [2.24, 2.45) is 0 Å². The number of hydrogen-bond donors (Lipinski definition) is 1. The van der Waals surface area contributed by atoms with Crippen LogP contribution < -0.4 is 4.74 Å². The summed E-state index contributed by atoms with van der Waals surface area (Å²) in [7, 11) is 1.62. The molecule has 1 atom stereocenters.